The van der Waals surface area contributed by atoms with Crippen LogP contribution in [0.4, 0.5) is 9.59 Å². The fraction of sp³-hybridized carbons (Fsp3) is 0.800. The third-order valence-electron chi connectivity index (χ3n) is 7.96. The van der Waals surface area contributed by atoms with E-state index in [9.17, 15) is 19.2 Å². The van der Waals surface area contributed by atoms with Crippen LogP contribution in [-0.4, -0.2) is 62.4 Å². The Bertz CT molecular complexity index is 753. The quantitative estimate of drug-likeness (QED) is 0.182. The Balaban J connectivity index is 1.67. The molecule has 0 radical (unpaired) electrons. The summed E-state index contributed by atoms with van der Waals surface area (Å²) in [6.07, 6.45) is 14.0. The summed E-state index contributed by atoms with van der Waals surface area (Å²) in [5.74, 6) is -0.269. The summed E-state index contributed by atoms with van der Waals surface area (Å²) in [7, 11) is 0. The molecule has 0 unspecified atom stereocenters. The lowest BCUT2D eigenvalue weighted by atomic mass is 9.89. The van der Waals surface area contributed by atoms with Gasteiger partial charge in [0.05, 0.1) is 12.1 Å². The zero-order valence-electron chi connectivity index (χ0n) is 25.0. The molecule has 2 rings (SSSR count). The molecule has 0 heterocycles. The second-order valence-corrected chi connectivity index (χ2v) is 12.0. The number of nitrogens with one attached hydrogen (secondary N) is 4. The maximum atomic E-state index is 12.3. The largest absolute Gasteiger partial charge is 0.460 e. The molecule has 10 heteroatoms. The predicted molar refractivity (Wildman–Crippen MR) is 155 cm³/mol. The summed E-state index contributed by atoms with van der Waals surface area (Å²) in [6, 6.07) is -1.26. The highest BCUT2D eigenvalue weighted by Gasteiger charge is 2.21. The van der Waals surface area contributed by atoms with Crippen LogP contribution in [0.5, 0.6) is 0 Å². The van der Waals surface area contributed by atoms with Crippen molar-refractivity contribution in [2.24, 2.45) is 23.7 Å². The minimum absolute atomic E-state index is 0.0119. The monoisotopic (exact) mass is 564 g/mol. The second kappa shape index (κ2) is 18.5. The summed E-state index contributed by atoms with van der Waals surface area (Å²) in [5, 5.41) is 11.6. The normalized spacial score (nSPS) is 18.2. The van der Waals surface area contributed by atoms with E-state index in [0.717, 1.165) is 37.8 Å². The molecule has 0 bridgehead atoms. The average molecular weight is 565 g/mol. The van der Waals surface area contributed by atoms with Crippen molar-refractivity contribution >= 4 is 24.0 Å². The molecular weight excluding hydrogens is 512 g/mol. The van der Waals surface area contributed by atoms with E-state index in [-0.39, 0.29) is 49.2 Å². The number of hydrogen-bond acceptors (Lipinski definition) is 6. The summed E-state index contributed by atoms with van der Waals surface area (Å²) in [6.45, 7) is 9.01. The van der Waals surface area contributed by atoms with Gasteiger partial charge in [0.25, 0.3) is 0 Å². The van der Waals surface area contributed by atoms with Gasteiger partial charge in [0.2, 0.25) is 0 Å². The first-order chi connectivity index (χ1) is 19.1. The lowest BCUT2D eigenvalue weighted by molar-refractivity contribution is -0.141. The van der Waals surface area contributed by atoms with Crippen molar-refractivity contribution in [1.29, 1.82) is 0 Å². The number of ether oxygens (including phenoxy) is 2. The van der Waals surface area contributed by atoms with Crippen molar-refractivity contribution in [3.05, 3.63) is 12.2 Å². The highest BCUT2D eigenvalue weighted by atomic mass is 16.5. The number of hydrogen-bond donors (Lipinski definition) is 4. The summed E-state index contributed by atoms with van der Waals surface area (Å²) in [5.41, 5.74) is 0. The zero-order valence-corrected chi connectivity index (χ0v) is 25.0. The molecular formula is C30H52N4O6. The van der Waals surface area contributed by atoms with Gasteiger partial charge < -0.3 is 30.7 Å². The molecule has 0 aromatic heterocycles. The van der Waals surface area contributed by atoms with Gasteiger partial charge in [0, 0.05) is 25.2 Å². The van der Waals surface area contributed by atoms with E-state index in [1.54, 1.807) is 0 Å². The third-order valence-corrected chi connectivity index (χ3v) is 7.96. The molecule has 2 saturated carbocycles. The van der Waals surface area contributed by atoms with Gasteiger partial charge in [-0.1, -0.05) is 66.2 Å². The van der Waals surface area contributed by atoms with E-state index >= 15 is 0 Å². The van der Waals surface area contributed by atoms with Gasteiger partial charge in [-0.15, -0.1) is 0 Å². The van der Waals surface area contributed by atoms with Crippen LogP contribution >= 0.6 is 0 Å². The van der Waals surface area contributed by atoms with E-state index in [4.69, 9.17) is 9.47 Å². The molecule has 2 aliphatic carbocycles. The molecule has 0 spiro atoms. The van der Waals surface area contributed by atoms with Gasteiger partial charge in [0.1, 0.15) is 13.2 Å². The predicted octanol–water partition coefficient (Wildman–Crippen LogP) is 4.44. The van der Waals surface area contributed by atoms with E-state index < -0.39 is 11.9 Å². The molecule has 4 amide bonds. The van der Waals surface area contributed by atoms with Crippen LogP contribution in [0, 0.1) is 23.7 Å². The fourth-order valence-corrected chi connectivity index (χ4v) is 5.07. The van der Waals surface area contributed by atoms with Crippen LogP contribution in [-0.2, 0) is 19.1 Å². The lowest BCUT2D eigenvalue weighted by Crippen LogP contribution is -2.48. The standard InChI is InChI=1S/C30H52N4O6/c1-21(2)25(33-29(37)31-17-23-11-7-5-8-12-23)19-39-27(35)15-16-28(36)40-20-26(22(3)4)34-30(38)32-18-24-13-9-6-10-14-24/h15-16,21-26H,5-14,17-20H2,1-4H3,(H2,31,33,37)(H2,32,34,38)/b16-15+/t25-,26-/m0/s1. The number of amides is 4. The van der Waals surface area contributed by atoms with Crippen LogP contribution < -0.4 is 21.3 Å². The van der Waals surface area contributed by atoms with Crippen molar-refractivity contribution in [2.45, 2.75) is 104 Å². The first kappa shape index (κ1) is 33.4. The van der Waals surface area contributed by atoms with Gasteiger partial charge >= 0.3 is 24.0 Å². The van der Waals surface area contributed by atoms with E-state index in [1.807, 2.05) is 27.7 Å². The fourth-order valence-electron chi connectivity index (χ4n) is 5.07. The molecule has 228 valence electrons. The molecule has 2 atom stereocenters. The Morgan fingerprint density at radius 1 is 0.625 bits per heavy atom. The Hall–Kier alpha value is -2.78. The van der Waals surface area contributed by atoms with Crippen molar-refractivity contribution in [3.8, 4) is 0 Å². The number of rotatable bonds is 14. The second-order valence-electron chi connectivity index (χ2n) is 12.0. The van der Waals surface area contributed by atoms with Crippen LogP contribution in [0.2, 0.25) is 0 Å². The van der Waals surface area contributed by atoms with Gasteiger partial charge in [-0.25, -0.2) is 19.2 Å². The summed E-state index contributed by atoms with van der Waals surface area (Å²) in [4.78, 5) is 49.0. The Morgan fingerprint density at radius 2 is 0.975 bits per heavy atom. The third kappa shape index (κ3) is 14.0. The van der Waals surface area contributed by atoms with Gasteiger partial charge in [-0.3, -0.25) is 0 Å². The highest BCUT2D eigenvalue weighted by molar-refractivity contribution is 5.91. The molecule has 0 aromatic carbocycles. The molecule has 0 saturated heterocycles. The van der Waals surface area contributed by atoms with Gasteiger partial charge in [-0.05, 0) is 49.4 Å². The Kier molecular flexibility index (Phi) is 15.5. The number of urea groups is 2. The number of carbonyl (C=O) groups excluding carboxylic acids is 4. The van der Waals surface area contributed by atoms with Gasteiger partial charge in [0.15, 0.2) is 0 Å². The van der Waals surface area contributed by atoms with Crippen molar-refractivity contribution in [2.75, 3.05) is 26.3 Å². The first-order valence-corrected chi connectivity index (χ1v) is 15.2. The van der Waals surface area contributed by atoms with Crippen LogP contribution in [0.3, 0.4) is 0 Å². The molecule has 2 aliphatic rings. The van der Waals surface area contributed by atoms with Crippen LogP contribution in [0.25, 0.3) is 0 Å². The first-order valence-electron chi connectivity index (χ1n) is 15.2. The topological polar surface area (TPSA) is 135 Å². The van der Waals surface area contributed by atoms with E-state index in [2.05, 4.69) is 21.3 Å². The molecule has 0 aliphatic heterocycles. The Morgan fingerprint density at radius 3 is 1.30 bits per heavy atom. The number of esters is 2. The number of carbonyl (C=O) groups is 4. The zero-order chi connectivity index (χ0) is 29.3. The smallest absolute Gasteiger partial charge is 0.331 e. The van der Waals surface area contributed by atoms with Gasteiger partial charge in [-0.2, -0.15) is 0 Å². The van der Waals surface area contributed by atoms with E-state index in [0.29, 0.717) is 24.9 Å². The van der Waals surface area contributed by atoms with E-state index in [1.165, 1.54) is 38.5 Å². The molecule has 0 aromatic rings. The maximum Gasteiger partial charge on any atom is 0.331 e. The van der Waals surface area contributed by atoms with Crippen molar-refractivity contribution in [3.63, 3.8) is 0 Å². The maximum absolute atomic E-state index is 12.3. The summed E-state index contributed by atoms with van der Waals surface area (Å²) >= 11 is 0. The average Bonchev–Trinajstić information content (AvgIpc) is 2.94. The molecule has 10 nitrogen and oxygen atoms in total. The molecule has 4 N–H and O–H groups in total. The lowest BCUT2D eigenvalue weighted by Gasteiger charge is -2.25. The van der Waals surface area contributed by atoms with Crippen molar-refractivity contribution < 1.29 is 28.7 Å². The molecule has 40 heavy (non-hydrogen) atoms. The van der Waals surface area contributed by atoms with Crippen LogP contribution in [0.15, 0.2) is 12.2 Å². The molecule has 2 fully saturated rings. The van der Waals surface area contributed by atoms with Crippen molar-refractivity contribution in [1.82, 2.24) is 21.3 Å². The SMILES string of the molecule is CC(C)[C@H](COC(=O)/C=C/C(=O)OC[C@H](NC(=O)NCC1CCCCC1)C(C)C)NC(=O)NCC1CCCCC1. The summed E-state index contributed by atoms with van der Waals surface area (Å²) < 4.78 is 10.5. The minimum Gasteiger partial charge on any atom is -0.460 e. The van der Waals surface area contributed by atoms with Crippen LogP contribution in [0.1, 0.15) is 91.9 Å². The highest BCUT2D eigenvalue weighted by Crippen LogP contribution is 2.23. The minimum atomic E-state index is -0.701. The Labute approximate surface area is 240 Å².